The number of nitrogens with one attached hydrogen (secondary N) is 2. The zero-order chi connectivity index (χ0) is 30.6. The summed E-state index contributed by atoms with van der Waals surface area (Å²) in [6.45, 7) is 8.16. The number of hydrogen-bond acceptors (Lipinski definition) is 6. The summed E-state index contributed by atoms with van der Waals surface area (Å²) in [6, 6.07) is 15.1. The molecule has 2 aromatic rings. The van der Waals surface area contributed by atoms with Gasteiger partial charge in [0.05, 0.1) is 31.2 Å². The molecule has 0 fully saturated rings. The van der Waals surface area contributed by atoms with Crippen molar-refractivity contribution in [2.75, 3.05) is 6.61 Å². The van der Waals surface area contributed by atoms with Crippen molar-refractivity contribution in [2.24, 2.45) is 10.9 Å². The van der Waals surface area contributed by atoms with Gasteiger partial charge in [-0.25, -0.2) is 9.79 Å². The molecule has 2 N–H and O–H groups in total. The van der Waals surface area contributed by atoms with Gasteiger partial charge < -0.3 is 14.8 Å². The van der Waals surface area contributed by atoms with Crippen LogP contribution in [0.3, 0.4) is 0 Å². The Morgan fingerprint density at radius 3 is 2.70 bits per heavy atom. The second-order valence-electron chi connectivity index (χ2n) is 13.0. The van der Waals surface area contributed by atoms with Crippen molar-refractivity contribution in [3.8, 4) is 5.75 Å². The zero-order valence-electron chi connectivity index (χ0n) is 25.8. The lowest BCUT2D eigenvalue weighted by atomic mass is 9.84. The van der Waals surface area contributed by atoms with Crippen molar-refractivity contribution in [1.82, 2.24) is 15.5 Å². The predicted octanol–water partition coefficient (Wildman–Crippen LogP) is 6.28. The summed E-state index contributed by atoms with van der Waals surface area (Å²) in [4.78, 5) is 46.7. The molecule has 4 aliphatic heterocycles. The van der Waals surface area contributed by atoms with E-state index in [0.29, 0.717) is 18.6 Å². The predicted molar refractivity (Wildman–Crippen MR) is 165 cm³/mol. The lowest BCUT2D eigenvalue weighted by Gasteiger charge is -2.38. The molecule has 0 aromatic heterocycles. The second kappa shape index (κ2) is 12.8. The highest BCUT2D eigenvalue weighted by atomic mass is 16.6. The first-order valence-electron chi connectivity index (χ1n) is 15.6. The van der Waals surface area contributed by atoms with Crippen LogP contribution in [0.2, 0.25) is 0 Å². The van der Waals surface area contributed by atoms with Crippen molar-refractivity contribution in [1.29, 1.82) is 0 Å². The highest BCUT2D eigenvalue weighted by molar-refractivity contribution is 6.05. The van der Waals surface area contributed by atoms with E-state index in [2.05, 4.69) is 10.6 Å². The third-order valence-corrected chi connectivity index (χ3v) is 8.61. The number of guanidine groups is 1. The number of aliphatic imine (C=N–C) groups is 1. The molecule has 0 saturated heterocycles. The third kappa shape index (κ3) is 7.37. The Kier molecular flexibility index (Phi) is 9.08. The second-order valence-corrected chi connectivity index (χ2v) is 13.0. The van der Waals surface area contributed by atoms with Crippen LogP contribution in [0.4, 0.5) is 4.79 Å². The molecular weight excluding hydrogens is 544 g/mol. The summed E-state index contributed by atoms with van der Waals surface area (Å²) in [5.41, 5.74) is 0.982. The van der Waals surface area contributed by atoms with Crippen LogP contribution >= 0.6 is 0 Å². The Morgan fingerprint density at radius 1 is 1.12 bits per heavy atom. The topological polar surface area (TPSA) is 109 Å². The molecule has 6 rings (SSSR count). The Labute approximate surface area is 254 Å². The average molecular weight is 589 g/mol. The van der Waals surface area contributed by atoms with Gasteiger partial charge in [-0.3, -0.25) is 19.8 Å². The molecule has 3 atom stereocenters. The molecule has 9 heteroatoms. The smallest absolute Gasteiger partial charge is 0.414 e. The number of rotatable bonds is 1. The molecule has 0 spiro atoms. The number of amides is 3. The van der Waals surface area contributed by atoms with Crippen molar-refractivity contribution < 1.29 is 23.9 Å². The number of carbonyl (C=O) groups is 3. The van der Waals surface area contributed by atoms with Crippen LogP contribution in [0.1, 0.15) is 107 Å². The van der Waals surface area contributed by atoms with Gasteiger partial charge in [0.15, 0.2) is 0 Å². The maximum atomic E-state index is 13.7. The van der Waals surface area contributed by atoms with E-state index in [1.807, 2.05) is 43.3 Å². The number of nitrogens with zero attached hydrogens (tertiary/aromatic N) is 2. The van der Waals surface area contributed by atoms with E-state index in [1.54, 1.807) is 32.9 Å². The van der Waals surface area contributed by atoms with E-state index in [-0.39, 0.29) is 42.7 Å². The van der Waals surface area contributed by atoms with E-state index in [1.165, 1.54) is 4.90 Å². The minimum absolute atomic E-state index is 0.111. The van der Waals surface area contributed by atoms with E-state index in [9.17, 15) is 14.4 Å². The minimum atomic E-state index is -0.702. The number of para-hydroxylation sites is 1. The van der Waals surface area contributed by atoms with Gasteiger partial charge in [0, 0.05) is 17.0 Å². The van der Waals surface area contributed by atoms with Gasteiger partial charge in [0.1, 0.15) is 11.4 Å². The third-order valence-electron chi connectivity index (χ3n) is 8.61. The zero-order valence-corrected chi connectivity index (χ0v) is 25.8. The molecule has 4 bridgehead atoms. The first kappa shape index (κ1) is 30.6. The average Bonchev–Trinajstić information content (AvgIpc) is 2.96. The normalized spacial score (nSPS) is 24.7. The Hall–Kier alpha value is -3.88. The van der Waals surface area contributed by atoms with Crippen LogP contribution in [0.25, 0.3) is 0 Å². The molecule has 43 heavy (non-hydrogen) atoms. The molecule has 9 nitrogen and oxygen atoms in total. The van der Waals surface area contributed by atoms with Crippen molar-refractivity contribution in [3.05, 3.63) is 65.2 Å². The summed E-state index contributed by atoms with van der Waals surface area (Å²) in [5, 5.41) is 6.08. The molecule has 230 valence electrons. The molecule has 0 saturated carbocycles. The standard InChI is InChI=1S/C34H44N4O5/c1-5-34-18-11-7-6-8-14-25-22-42-27-17-10-9-16-26(27)29(25)35-30(40)24-15-12-13-23(19-24)21-38(28(39)20-34)31(37-34)36-32(41)43-33(2,3)4/h9-10,12-13,15-17,19,25,29H,5-8,11,14,18,20-22H2,1-4H3,(H,35,40)(H,36,37,41). The number of hydrogen-bond donors (Lipinski definition) is 2. The molecule has 3 amide bonds. The molecule has 2 aromatic carbocycles. The van der Waals surface area contributed by atoms with Gasteiger partial charge >= 0.3 is 6.09 Å². The van der Waals surface area contributed by atoms with Crippen LogP contribution in [0, 0.1) is 5.92 Å². The maximum absolute atomic E-state index is 13.7. The van der Waals surface area contributed by atoms with Crippen molar-refractivity contribution in [3.63, 3.8) is 0 Å². The maximum Gasteiger partial charge on any atom is 0.414 e. The van der Waals surface area contributed by atoms with Gasteiger partial charge in [-0.05, 0) is 63.8 Å². The number of ether oxygens (including phenoxy) is 2. The molecule has 4 heterocycles. The molecule has 3 unspecified atom stereocenters. The van der Waals surface area contributed by atoms with Crippen molar-refractivity contribution >= 4 is 23.9 Å². The van der Waals surface area contributed by atoms with E-state index in [0.717, 1.165) is 55.4 Å². The molecule has 0 aliphatic carbocycles. The summed E-state index contributed by atoms with van der Waals surface area (Å²) >= 11 is 0. The largest absolute Gasteiger partial charge is 0.493 e. The number of fused-ring (bicyclic) bond motifs is 8. The van der Waals surface area contributed by atoms with Gasteiger partial charge in [0.25, 0.3) is 5.91 Å². The summed E-state index contributed by atoms with van der Waals surface area (Å²) in [5.74, 6) is 0.904. The number of benzene rings is 2. The lowest BCUT2D eigenvalue weighted by Crippen LogP contribution is -2.54. The summed E-state index contributed by atoms with van der Waals surface area (Å²) < 4.78 is 11.6. The van der Waals surface area contributed by atoms with Gasteiger partial charge in [-0.15, -0.1) is 0 Å². The number of carbonyl (C=O) groups excluding carboxylic acids is 3. The van der Waals surface area contributed by atoms with E-state index in [4.69, 9.17) is 14.5 Å². The van der Waals surface area contributed by atoms with Gasteiger partial charge in [0.2, 0.25) is 11.9 Å². The monoisotopic (exact) mass is 588 g/mol. The summed E-state index contributed by atoms with van der Waals surface area (Å²) in [7, 11) is 0. The molecular formula is C34H44N4O5. The molecule has 0 radical (unpaired) electrons. The Morgan fingerprint density at radius 2 is 1.91 bits per heavy atom. The first-order valence-corrected chi connectivity index (χ1v) is 15.6. The fourth-order valence-corrected chi connectivity index (χ4v) is 6.29. The van der Waals surface area contributed by atoms with Crippen LogP contribution in [-0.2, 0) is 16.1 Å². The minimum Gasteiger partial charge on any atom is -0.493 e. The van der Waals surface area contributed by atoms with Crippen LogP contribution < -0.4 is 15.4 Å². The van der Waals surface area contributed by atoms with Gasteiger partial charge in [-0.1, -0.05) is 62.9 Å². The SMILES string of the molecule is CCC12CCCCCCC3COc4ccccc4C3NC(=O)c3cccc(c3)CN(C(=O)C1)C(NC(=O)OC(C)(C)C)=N2. The quantitative estimate of drug-likeness (QED) is 0.407. The summed E-state index contributed by atoms with van der Waals surface area (Å²) in [6.07, 6.45) is 5.98. The van der Waals surface area contributed by atoms with Crippen LogP contribution in [-0.4, -0.2) is 46.5 Å². The van der Waals surface area contributed by atoms with Crippen LogP contribution in [0.15, 0.2) is 53.5 Å². The fourth-order valence-electron chi connectivity index (χ4n) is 6.29. The van der Waals surface area contributed by atoms with E-state index < -0.39 is 17.2 Å². The lowest BCUT2D eigenvalue weighted by molar-refractivity contribution is -0.130. The van der Waals surface area contributed by atoms with Crippen molar-refractivity contribution in [2.45, 2.75) is 103 Å². The highest BCUT2D eigenvalue weighted by Crippen LogP contribution is 2.38. The fraction of sp³-hybridized carbons (Fsp3) is 0.529. The van der Waals surface area contributed by atoms with Gasteiger partial charge in [-0.2, -0.15) is 0 Å². The number of alkyl carbamates (subject to hydrolysis) is 1. The van der Waals surface area contributed by atoms with Crippen LogP contribution in [0.5, 0.6) is 5.75 Å². The molecule has 4 aliphatic rings. The highest BCUT2D eigenvalue weighted by Gasteiger charge is 2.40. The van der Waals surface area contributed by atoms with E-state index >= 15 is 0 Å². The Balaban J connectivity index is 1.47. The Bertz CT molecular complexity index is 1380. The first-order chi connectivity index (χ1) is 20.6.